The fraction of sp³-hybridized carbons (Fsp3) is 0.158. The molecule has 25 heavy (non-hydrogen) atoms. The summed E-state index contributed by atoms with van der Waals surface area (Å²) in [6.45, 7) is 1.94. The lowest BCUT2D eigenvalue weighted by Gasteiger charge is -2.14. The molecule has 0 unspecified atom stereocenters. The van der Waals surface area contributed by atoms with E-state index in [9.17, 15) is 14.7 Å². The average molecular weight is 399 g/mol. The Balaban J connectivity index is 1.89. The van der Waals surface area contributed by atoms with Crippen LogP contribution in [0.1, 0.15) is 28.9 Å². The van der Waals surface area contributed by atoms with Gasteiger partial charge < -0.3 is 15.0 Å². The predicted molar refractivity (Wildman–Crippen MR) is 100 cm³/mol. The molecule has 3 aromatic rings. The van der Waals surface area contributed by atoms with E-state index < -0.39 is 11.5 Å². The van der Waals surface area contributed by atoms with Crippen molar-refractivity contribution in [1.29, 1.82) is 0 Å². The highest BCUT2D eigenvalue weighted by atomic mass is 79.9. The number of aromatic hydroxyl groups is 1. The summed E-state index contributed by atoms with van der Waals surface area (Å²) in [4.78, 5) is 25.6. The molecule has 5 nitrogen and oxygen atoms in total. The van der Waals surface area contributed by atoms with Gasteiger partial charge in [-0.15, -0.1) is 0 Å². The van der Waals surface area contributed by atoms with Gasteiger partial charge in [0.25, 0.3) is 11.5 Å². The first-order valence-electron chi connectivity index (χ1n) is 7.93. The number of amides is 1. The lowest BCUT2D eigenvalue weighted by molar-refractivity contribution is 0.102. The van der Waals surface area contributed by atoms with Crippen LogP contribution in [0.3, 0.4) is 0 Å². The standard InChI is InChI=1S/C19H15BrN2O3/c1-10-8-11-4-2-7-14-16(11)22(10)19(25)15(17(14)23)18(24)21-13-6-3-5-12(20)9-13/h2-7,9-10,23H,8H2,1H3,(H,21,24)/t10-/m1/s1. The molecule has 0 fully saturated rings. The molecule has 0 radical (unpaired) electrons. The summed E-state index contributed by atoms with van der Waals surface area (Å²) in [6.07, 6.45) is 0.711. The van der Waals surface area contributed by atoms with Gasteiger partial charge in [0.15, 0.2) is 0 Å². The third kappa shape index (κ3) is 2.44. The third-order valence-electron chi connectivity index (χ3n) is 4.55. The molecule has 1 aromatic heterocycles. The molecule has 0 aliphatic carbocycles. The molecule has 6 heteroatoms. The van der Waals surface area contributed by atoms with Gasteiger partial charge in [-0.1, -0.05) is 34.1 Å². The summed E-state index contributed by atoms with van der Waals surface area (Å²) in [7, 11) is 0. The van der Waals surface area contributed by atoms with Gasteiger partial charge >= 0.3 is 0 Å². The van der Waals surface area contributed by atoms with Crippen molar-refractivity contribution in [3.05, 3.63) is 68.4 Å². The molecule has 1 atom stereocenters. The van der Waals surface area contributed by atoms with E-state index in [2.05, 4.69) is 21.2 Å². The molecular formula is C19H15BrN2O3. The van der Waals surface area contributed by atoms with Crippen LogP contribution >= 0.6 is 15.9 Å². The van der Waals surface area contributed by atoms with Crippen LogP contribution in [0, 0.1) is 0 Å². The molecule has 2 heterocycles. The van der Waals surface area contributed by atoms with Gasteiger partial charge in [0.2, 0.25) is 0 Å². The first-order valence-corrected chi connectivity index (χ1v) is 8.72. The molecule has 0 saturated carbocycles. The second-order valence-electron chi connectivity index (χ2n) is 6.23. The number of benzene rings is 2. The first-order chi connectivity index (χ1) is 12.0. The quantitative estimate of drug-likeness (QED) is 0.688. The maximum Gasteiger partial charge on any atom is 0.268 e. The normalized spacial score (nSPS) is 15.5. The maximum absolute atomic E-state index is 12.9. The molecule has 0 spiro atoms. The Kier molecular flexibility index (Phi) is 3.65. The smallest absolute Gasteiger partial charge is 0.268 e. The zero-order valence-corrected chi connectivity index (χ0v) is 15.0. The van der Waals surface area contributed by atoms with Crippen LogP contribution in [0.15, 0.2) is 51.7 Å². The van der Waals surface area contributed by atoms with Crippen LogP contribution in [0.2, 0.25) is 0 Å². The van der Waals surface area contributed by atoms with Gasteiger partial charge in [-0.2, -0.15) is 0 Å². The number of rotatable bonds is 2. The van der Waals surface area contributed by atoms with Gasteiger partial charge in [-0.3, -0.25) is 9.59 Å². The highest BCUT2D eigenvalue weighted by Crippen LogP contribution is 2.36. The number of para-hydroxylation sites is 1. The molecule has 1 aliphatic rings. The lowest BCUT2D eigenvalue weighted by atomic mass is 10.1. The summed E-state index contributed by atoms with van der Waals surface area (Å²) in [5, 5.41) is 13.8. The number of hydrogen-bond acceptors (Lipinski definition) is 3. The van der Waals surface area contributed by atoms with E-state index in [0.717, 1.165) is 15.6 Å². The minimum absolute atomic E-state index is 0.0505. The van der Waals surface area contributed by atoms with Crippen molar-refractivity contribution in [1.82, 2.24) is 4.57 Å². The summed E-state index contributed by atoms with van der Waals surface area (Å²) in [5.74, 6) is -0.879. The van der Waals surface area contributed by atoms with E-state index in [1.807, 2.05) is 25.1 Å². The van der Waals surface area contributed by atoms with E-state index in [-0.39, 0.29) is 17.4 Å². The highest BCUT2D eigenvalue weighted by Gasteiger charge is 2.29. The van der Waals surface area contributed by atoms with E-state index in [4.69, 9.17) is 0 Å². The topological polar surface area (TPSA) is 71.3 Å². The van der Waals surface area contributed by atoms with Crippen LogP contribution in [-0.4, -0.2) is 15.6 Å². The van der Waals surface area contributed by atoms with Crippen LogP contribution in [0.25, 0.3) is 10.9 Å². The number of pyridine rings is 1. The van der Waals surface area contributed by atoms with Crippen LogP contribution < -0.4 is 10.9 Å². The van der Waals surface area contributed by atoms with Crippen LogP contribution in [-0.2, 0) is 6.42 Å². The van der Waals surface area contributed by atoms with Gasteiger partial charge in [-0.05, 0) is 43.2 Å². The zero-order valence-electron chi connectivity index (χ0n) is 13.4. The summed E-state index contributed by atoms with van der Waals surface area (Å²) >= 11 is 3.34. The third-order valence-corrected chi connectivity index (χ3v) is 5.04. The Morgan fingerprint density at radius 1 is 1.28 bits per heavy atom. The maximum atomic E-state index is 12.9. The van der Waals surface area contributed by atoms with Gasteiger partial charge in [0.05, 0.1) is 5.52 Å². The Bertz CT molecular complexity index is 1090. The SMILES string of the molecule is C[C@@H]1Cc2cccc3c(O)c(C(=O)Nc4cccc(Br)c4)c(=O)n1c23. The first kappa shape index (κ1) is 15.9. The number of aromatic nitrogens is 1. The van der Waals surface area contributed by atoms with E-state index >= 15 is 0 Å². The lowest BCUT2D eigenvalue weighted by Crippen LogP contribution is -2.30. The average Bonchev–Trinajstić information content (AvgIpc) is 2.89. The Labute approximate surface area is 152 Å². The van der Waals surface area contributed by atoms with Crippen molar-refractivity contribution in [3.63, 3.8) is 0 Å². The van der Waals surface area contributed by atoms with Gasteiger partial charge in [0.1, 0.15) is 11.3 Å². The molecular weight excluding hydrogens is 384 g/mol. The number of nitrogens with zero attached hydrogens (tertiary/aromatic N) is 1. The van der Waals surface area contributed by atoms with Crippen molar-refractivity contribution in [2.45, 2.75) is 19.4 Å². The number of halogens is 1. The molecule has 4 rings (SSSR count). The Hall–Kier alpha value is -2.60. The Morgan fingerprint density at radius 2 is 2.04 bits per heavy atom. The molecule has 126 valence electrons. The van der Waals surface area contributed by atoms with E-state index in [1.165, 1.54) is 0 Å². The summed E-state index contributed by atoms with van der Waals surface area (Å²) in [6, 6.07) is 12.5. The van der Waals surface area contributed by atoms with Crippen molar-refractivity contribution >= 4 is 38.4 Å². The van der Waals surface area contributed by atoms with Gasteiger partial charge in [-0.25, -0.2) is 0 Å². The molecule has 1 amide bonds. The number of anilines is 1. The second-order valence-corrected chi connectivity index (χ2v) is 7.15. The largest absolute Gasteiger partial charge is 0.506 e. The summed E-state index contributed by atoms with van der Waals surface area (Å²) < 4.78 is 2.42. The van der Waals surface area contributed by atoms with Crippen molar-refractivity contribution in [3.8, 4) is 5.75 Å². The molecule has 0 saturated heterocycles. The van der Waals surface area contributed by atoms with Crippen molar-refractivity contribution in [2.75, 3.05) is 5.32 Å². The number of carbonyl (C=O) groups is 1. The minimum Gasteiger partial charge on any atom is -0.506 e. The molecule has 2 N–H and O–H groups in total. The molecule has 0 bridgehead atoms. The predicted octanol–water partition coefficient (Wildman–Crippen LogP) is 3.84. The highest BCUT2D eigenvalue weighted by molar-refractivity contribution is 9.10. The summed E-state index contributed by atoms with van der Waals surface area (Å²) in [5.41, 5.74) is 1.59. The number of nitrogens with one attached hydrogen (secondary N) is 1. The molecule has 1 aliphatic heterocycles. The zero-order chi connectivity index (χ0) is 17.7. The van der Waals surface area contributed by atoms with Crippen molar-refractivity contribution < 1.29 is 9.90 Å². The van der Waals surface area contributed by atoms with Crippen molar-refractivity contribution in [2.24, 2.45) is 0 Å². The fourth-order valence-corrected chi connectivity index (χ4v) is 3.88. The van der Waals surface area contributed by atoms with Gasteiger partial charge in [0, 0.05) is 21.6 Å². The molecule has 2 aromatic carbocycles. The van der Waals surface area contributed by atoms with Crippen LogP contribution in [0.4, 0.5) is 5.69 Å². The Morgan fingerprint density at radius 3 is 2.80 bits per heavy atom. The fourth-order valence-electron chi connectivity index (χ4n) is 3.48. The number of hydrogen-bond donors (Lipinski definition) is 2. The monoisotopic (exact) mass is 398 g/mol. The van der Waals surface area contributed by atoms with Crippen LogP contribution in [0.5, 0.6) is 5.75 Å². The number of carbonyl (C=O) groups excluding carboxylic acids is 1. The second kappa shape index (κ2) is 5.74. The minimum atomic E-state index is -0.615. The van der Waals surface area contributed by atoms with E-state index in [0.29, 0.717) is 17.5 Å². The van der Waals surface area contributed by atoms with E-state index in [1.54, 1.807) is 28.8 Å².